The van der Waals surface area contributed by atoms with Crippen molar-refractivity contribution in [2.24, 2.45) is 0 Å². The van der Waals surface area contributed by atoms with E-state index in [0.717, 1.165) is 5.56 Å². The molecule has 0 aliphatic carbocycles. The first-order valence-electron chi connectivity index (χ1n) is 8.36. The van der Waals surface area contributed by atoms with E-state index in [9.17, 15) is 14.7 Å². The number of carbonyl (C=O) groups excluding carboxylic acids is 2. The Balaban J connectivity index is 1.92. The molecular formula is C18H21N5O3. The monoisotopic (exact) mass is 355 g/mol. The third-order valence-corrected chi connectivity index (χ3v) is 4.32. The van der Waals surface area contributed by atoms with E-state index in [0.29, 0.717) is 24.3 Å². The van der Waals surface area contributed by atoms with Crippen LogP contribution in [0.15, 0.2) is 36.5 Å². The van der Waals surface area contributed by atoms with Crippen molar-refractivity contribution in [1.29, 1.82) is 0 Å². The van der Waals surface area contributed by atoms with E-state index in [1.807, 2.05) is 30.3 Å². The molecule has 8 heteroatoms. The van der Waals surface area contributed by atoms with Crippen LogP contribution in [0.2, 0.25) is 0 Å². The molecule has 3 rings (SSSR count). The zero-order valence-corrected chi connectivity index (χ0v) is 14.5. The molecule has 26 heavy (non-hydrogen) atoms. The van der Waals surface area contributed by atoms with Crippen LogP contribution in [-0.2, 0) is 4.79 Å². The lowest BCUT2D eigenvalue weighted by Crippen LogP contribution is -2.38. The molecule has 1 aliphatic rings. The van der Waals surface area contributed by atoms with Gasteiger partial charge in [0.2, 0.25) is 11.9 Å². The van der Waals surface area contributed by atoms with Gasteiger partial charge < -0.3 is 20.6 Å². The second-order valence-corrected chi connectivity index (χ2v) is 6.23. The Bertz CT molecular complexity index is 812. The number of hydrogen-bond acceptors (Lipinski definition) is 6. The average molecular weight is 355 g/mol. The molecule has 3 N–H and O–H groups in total. The van der Waals surface area contributed by atoms with Gasteiger partial charge in [-0.1, -0.05) is 30.3 Å². The molecule has 0 spiro atoms. The van der Waals surface area contributed by atoms with Crippen molar-refractivity contribution < 1.29 is 14.7 Å². The summed E-state index contributed by atoms with van der Waals surface area (Å²) in [6.45, 7) is 2.50. The van der Waals surface area contributed by atoms with E-state index >= 15 is 0 Å². The lowest BCUT2D eigenvalue weighted by Gasteiger charge is -2.22. The molecule has 1 aliphatic heterocycles. The van der Waals surface area contributed by atoms with Gasteiger partial charge in [-0.15, -0.1) is 0 Å². The number of benzene rings is 1. The van der Waals surface area contributed by atoms with Gasteiger partial charge in [-0.3, -0.25) is 9.59 Å². The third-order valence-electron chi connectivity index (χ3n) is 4.32. The van der Waals surface area contributed by atoms with Gasteiger partial charge in [0.25, 0.3) is 5.91 Å². The number of aromatic nitrogens is 2. The molecule has 0 bridgehead atoms. The van der Waals surface area contributed by atoms with E-state index < -0.39 is 6.10 Å². The summed E-state index contributed by atoms with van der Waals surface area (Å²) < 4.78 is 0. The predicted octanol–water partition coefficient (Wildman–Crippen LogP) is 0.391. The van der Waals surface area contributed by atoms with Gasteiger partial charge in [0.1, 0.15) is 0 Å². The normalized spacial score (nSPS) is 17.7. The molecule has 2 amide bonds. The molecule has 2 aromatic rings. The fourth-order valence-electron chi connectivity index (χ4n) is 3.00. The third kappa shape index (κ3) is 3.80. The summed E-state index contributed by atoms with van der Waals surface area (Å²) in [6, 6.07) is 9.25. The molecule has 1 fully saturated rings. The Kier molecular flexibility index (Phi) is 5.13. The van der Waals surface area contributed by atoms with E-state index in [2.05, 4.69) is 9.97 Å². The fraction of sp³-hybridized carbons (Fsp3) is 0.333. The van der Waals surface area contributed by atoms with Crippen LogP contribution in [0, 0.1) is 0 Å². The molecule has 1 aromatic carbocycles. The Labute approximate surface area is 151 Å². The largest absolute Gasteiger partial charge is 0.389 e. The van der Waals surface area contributed by atoms with Crippen molar-refractivity contribution in [3.8, 4) is 11.3 Å². The zero-order valence-electron chi connectivity index (χ0n) is 14.5. The Morgan fingerprint density at radius 3 is 2.50 bits per heavy atom. The highest BCUT2D eigenvalue weighted by Gasteiger charge is 2.28. The summed E-state index contributed by atoms with van der Waals surface area (Å²) >= 11 is 0. The summed E-state index contributed by atoms with van der Waals surface area (Å²) in [4.78, 5) is 35.9. The number of anilines is 1. The summed E-state index contributed by atoms with van der Waals surface area (Å²) in [5.74, 6) is -0.341. The molecule has 8 nitrogen and oxygen atoms in total. The number of nitrogens with two attached hydrogens (primary N) is 1. The smallest absolute Gasteiger partial charge is 0.257 e. The van der Waals surface area contributed by atoms with Crippen LogP contribution < -0.4 is 5.73 Å². The lowest BCUT2D eigenvalue weighted by atomic mass is 10.1. The standard InChI is InChI=1S/C18H21N5O3/c1-12(24)22-7-8-23(11-14(25)10-22)17(26)15-9-20-18(19)21-16(15)13-5-3-2-4-6-13/h2-6,9,14,25H,7-8,10-11H2,1H3,(H2,19,20,21)/t14-/m1/s1. The van der Waals surface area contributed by atoms with Crippen LogP contribution in [0.4, 0.5) is 5.95 Å². The number of amides is 2. The van der Waals surface area contributed by atoms with Crippen LogP contribution in [0.25, 0.3) is 11.3 Å². The molecule has 1 saturated heterocycles. The number of carbonyl (C=O) groups is 2. The van der Waals surface area contributed by atoms with Gasteiger partial charge in [-0.05, 0) is 0 Å². The van der Waals surface area contributed by atoms with Gasteiger partial charge in [0.05, 0.1) is 17.4 Å². The van der Waals surface area contributed by atoms with Crippen LogP contribution in [0.3, 0.4) is 0 Å². The van der Waals surface area contributed by atoms with Gasteiger partial charge in [0, 0.05) is 44.9 Å². The van der Waals surface area contributed by atoms with E-state index in [4.69, 9.17) is 5.73 Å². The Morgan fingerprint density at radius 2 is 1.81 bits per heavy atom. The van der Waals surface area contributed by atoms with Gasteiger partial charge in [-0.2, -0.15) is 0 Å². The minimum absolute atomic E-state index is 0.0825. The van der Waals surface area contributed by atoms with Crippen molar-refractivity contribution in [2.75, 3.05) is 31.9 Å². The first-order chi connectivity index (χ1) is 12.5. The van der Waals surface area contributed by atoms with E-state index in [1.165, 1.54) is 22.9 Å². The van der Waals surface area contributed by atoms with Crippen molar-refractivity contribution >= 4 is 17.8 Å². The highest BCUT2D eigenvalue weighted by Crippen LogP contribution is 2.23. The molecule has 0 saturated carbocycles. The zero-order chi connectivity index (χ0) is 18.7. The van der Waals surface area contributed by atoms with Crippen LogP contribution >= 0.6 is 0 Å². The van der Waals surface area contributed by atoms with Crippen molar-refractivity contribution in [3.63, 3.8) is 0 Å². The van der Waals surface area contributed by atoms with Crippen molar-refractivity contribution in [2.45, 2.75) is 13.0 Å². The number of hydrogen-bond donors (Lipinski definition) is 2. The van der Waals surface area contributed by atoms with Crippen LogP contribution in [0.1, 0.15) is 17.3 Å². The van der Waals surface area contributed by atoms with E-state index in [1.54, 1.807) is 0 Å². The fourth-order valence-corrected chi connectivity index (χ4v) is 3.00. The quantitative estimate of drug-likeness (QED) is 0.806. The molecule has 2 heterocycles. The minimum atomic E-state index is -0.805. The maximum absolute atomic E-state index is 13.1. The lowest BCUT2D eigenvalue weighted by molar-refractivity contribution is -0.129. The number of aliphatic hydroxyl groups is 1. The van der Waals surface area contributed by atoms with E-state index in [-0.39, 0.29) is 30.9 Å². The molecule has 0 radical (unpaired) electrons. The highest BCUT2D eigenvalue weighted by atomic mass is 16.3. The Hall–Kier alpha value is -3.00. The topological polar surface area (TPSA) is 113 Å². The summed E-state index contributed by atoms with van der Waals surface area (Å²) in [6.07, 6.45) is 0.604. The minimum Gasteiger partial charge on any atom is -0.389 e. The second kappa shape index (κ2) is 7.49. The predicted molar refractivity (Wildman–Crippen MR) is 96.0 cm³/mol. The molecule has 136 valence electrons. The SMILES string of the molecule is CC(=O)N1CCN(C(=O)c2cnc(N)nc2-c2ccccc2)C[C@H](O)C1. The number of nitrogen functional groups attached to an aromatic ring is 1. The first-order valence-corrected chi connectivity index (χ1v) is 8.36. The molecule has 1 atom stereocenters. The summed E-state index contributed by atoms with van der Waals surface area (Å²) in [5, 5.41) is 10.2. The first kappa shape index (κ1) is 17.8. The second-order valence-electron chi connectivity index (χ2n) is 6.23. The number of aliphatic hydroxyl groups excluding tert-OH is 1. The van der Waals surface area contributed by atoms with Crippen LogP contribution in [-0.4, -0.2) is 69.0 Å². The Morgan fingerprint density at radius 1 is 1.15 bits per heavy atom. The van der Waals surface area contributed by atoms with Crippen LogP contribution in [0.5, 0.6) is 0 Å². The number of β-amino-alcohol motifs (C(OH)–C–C–N with tert-alkyl or cyclic N) is 1. The van der Waals surface area contributed by atoms with Gasteiger partial charge in [0.15, 0.2) is 0 Å². The maximum atomic E-state index is 13.1. The molecular weight excluding hydrogens is 334 g/mol. The highest BCUT2D eigenvalue weighted by molar-refractivity contribution is 5.99. The average Bonchev–Trinajstić information content (AvgIpc) is 2.83. The molecule has 0 unspecified atom stereocenters. The number of nitrogens with zero attached hydrogens (tertiary/aromatic N) is 4. The van der Waals surface area contributed by atoms with Gasteiger partial charge >= 0.3 is 0 Å². The molecule has 1 aromatic heterocycles. The maximum Gasteiger partial charge on any atom is 0.257 e. The number of rotatable bonds is 2. The summed E-state index contributed by atoms with van der Waals surface area (Å²) in [5.41, 5.74) is 7.23. The van der Waals surface area contributed by atoms with Gasteiger partial charge in [-0.25, -0.2) is 9.97 Å². The van der Waals surface area contributed by atoms with Crippen molar-refractivity contribution in [1.82, 2.24) is 19.8 Å². The van der Waals surface area contributed by atoms with Crippen molar-refractivity contribution in [3.05, 3.63) is 42.1 Å². The summed E-state index contributed by atoms with van der Waals surface area (Å²) in [7, 11) is 0.